The van der Waals surface area contributed by atoms with E-state index in [0.29, 0.717) is 29.3 Å². The number of hydrogen-bond acceptors (Lipinski definition) is 9. The number of aryl methyl sites for hydroxylation is 2. The van der Waals surface area contributed by atoms with Crippen LogP contribution in [0.2, 0.25) is 0 Å². The molecule has 1 saturated heterocycles. The Morgan fingerprint density at radius 2 is 1.98 bits per heavy atom. The van der Waals surface area contributed by atoms with Gasteiger partial charge in [0.1, 0.15) is 11.5 Å². The van der Waals surface area contributed by atoms with E-state index in [-0.39, 0.29) is 23.8 Å². The number of pyridine rings is 1. The molecule has 0 aliphatic carbocycles. The molecule has 0 bridgehead atoms. The van der Waals surface area contributed by atoms with Crippen LogP contribution in [0.15, 0.2) is 48.8 Å². The van der Waals surface area contributed by atoms with Crippen LogP contribution in [0.5, 0.6) is 0 Å². The lowest BCUT2D eigenvalue weighted by molar-refractivity contribution is -0.159. The van der Waals surface area contributed by atoms with Crippen molar-refractivity contribution in [3.8, 4) is 22.6 Å². The summed E-state index contributed by atoms with van der Waals surface area (Å²) in [6.45, 7) is 9.10. The highest BCUT2D eigenvalue weighted by molar-refractivity contribution is 6.06. The molecule has 4 aromatic rings. The lowest BCUT2D eigenvalue weighted by Gasteiger charge is -2.34. The Bertz CT molecular complexity index is 1540. The number of hydrogen-bond donors (Lipinski definition) is 1. The minimum Gasteiger partial charge on any atom is -0.438 e. The fraction of sp³-hybridized carbons (Fsp3) is 0.433. The van der Waals surface area contributed by atoms with Crippen LogP contribution in [-0.4, -0.2) is 66.0 Å². The number of esters is 1. The molecule has 5 rings (SSSR count). The van der Waals surface area contributed by atoms with Crippen LogP contribution < -0.4 is 10.2 Å². The predicted octanol–water partition coefficient (Wildman–Crippen LogP) is 3.95. The Hall–Kier alpha value is -4.45. The molecule has 12 heteroatoms. The van der Waals surface area contributed by atoms with E-state index in [4.69, 9.17) is 4.74 Å². The molecule has 1 aromatic carbocycles. The first-order chi connectivity index (χ1) is 20.3. The number of carbonyl (C=O) groups excluding carboxylic acids is 2. The summed E-state index contributed by atoms with van der Waals surface area (Å²) < 4.78 is 7.23. The highest BCUT2D eigenvalue weighted by Gasteiger charge is 2.30. The van der Waals surface area contributed by atoms with Crippen molar-refractivity contribution in [2.75, 3.05) is 18.0 Å². The van der Waals surface area contributed by atoms with Crippen molar-refractivity contribution < 1.29 is 14.3 Å². The van der Waals surface area contributed by atoms with Gasteiger partial charge in [0.25, 0.3) is 5.91 Å². The Balaban J connectivity index is 1.42. The predicted molar refractivity (Wildman–Crippen MR) is 157 cm³/mol. The first-order valence-corrected chi connectivity index (χ1v) is 14.4. The van der Waals surface area contributed by atoms with E-state index in [1.165, 1.54) is 4.80 Å². The van der Waals surface area contributed by atoms with Gasteiger partial charge in [-0.05, 0) is 60.8 Å². The summed E-state index contributed by atoms with van der Waals surface area (Å²) in [6, 6.07) is 11.4. The molecule has 0 spiro atoms. The number of anilines is 1. The first-order valence-electron chi connectivity index (χ1n) is 14.4. The van der Waals surface area contributed by atoms with Gasteiger partial charge < -0.3 is 10.1 Å². The maximum Gasteiger partial charge on any atom is 0.310 e. The highest BCUT2D eigenvalue weighted by Crippen LogP contribution is 2.31. The topological polar surface area (TPSA) is 133 Å². The molecular weight excluding hydrogens is 534 g/mol. The molecule has 0 saturated carbocycles. The molecule has 0 radical (unpaired) electrons. The van der Waals surface area contributed by atoms with E-state index in [9.17, 15) is 9.59 Å². The van der Waals surface area contributed by atoms with Gasteiger partial charge in [-0.25, -0.2) is 4.98 Å². The Morgan fingerprint density at radius 3 is 2.64 bits per heavy atom. The molecule has 1 aliphatic rings. The van der Waals surface area contributed by atoms with Gasteiger partial charge in [-0.2, -0.15) is 5.10 Å². The second kappa shape index (κ2) is 12.6. The van der Waals surface area contributed by atoms with Crippen molar-refractivity contribution in [1.29, 1.82) is 0 Å². The molecule has 1 fully saturated rings. The number of nitrogens with one attached hydrogen (secondary N) is 1. The lowest BCUT2D eigenvalue weighted by Crippen LogP contribution is -2.49. The lowest BCUT2D eigenvalue weighted by atomic mass is 10.0. The normalized spacial score (nSPS) is 15.9. The third-order valence-electron chi connectivity index (χ3n) is 7.42. The van der Waals surface area contributed by atoms with Crippen LogP contribution in [0.3, 0.4) is 0 Å². The number of piperidine rings is 1. The third kappa shape index (κ3) is 5.94. The van der Waals surface area contributed by atoms with Crippen molar-refractivity contribution in [2.45, 2.75) is 59.2 Å². The molecule has 1 N–H and O–H groups in total. The molecule has 1 unspecified atom stereocenters. The zero-order valence-corrected chi connectivity index (χ0v) is 24.7. The number of carbonyl (C=O) groups is 2. The first kappa shape index (κ1) is 29.1. The summed E-state index contributed by atoms with van der Waals surface area (Å²) in [6.07, 6.45) is 5.21. The van der Waals surface area contributed by atoms with E-state index in [0.717, 1.165) is 42.6 Å². The quantitative estimate of drug-likeness (QED) is 0.297. The molecule has 3 aromatic heterocycles. The second-order valence-electron chi connectivity index (χ2n) is 10.8. The number of rotatable bonds is 9. The van der Waals surface area contributed by atoms with Crippen LogP contribution in [0.4, 0.5) is 5.82 Å². The van der Waals surface area contributed by atoms with E-state index >= 15 is 0 Å². The fourth-order valence-corrected chi connectivity index (χ4v) is 5.07. The van der Waals surface area contributed by atoms with Crippen molar-refractivity contribution in [1.82, 2.24) is 40.3 Å². The monoisotopic (exact) mass is 571 g/mol. The summed E-state index contributed by atoms with van der Waals surface area (Å²) in [5.41, 5.74) is 3.82. The summed E-state index contributed by atoms with van der Waals surface area (Å²) in [5.74, 6) is 0.363. The van der Waals surface area contributed by atoms with E-state index in [1.54, 1.807) is 38.0 Å². The Kier molecular flexibility index (Phi) is 8.72. The minimum absolute atomic E-state index is 0.0184. The maximum atomic E-state index is 13.9. The molecule has 1 amide bonds. The minimum atomic E-state index is -0.659. The van der Waals surface area contributed by atoms with Gasteiger partial charge >= 0.3 is 5.97 Å². The number of amides is 1. The zero-order chi connectivity index (χ0) is 29.8. The number of nitrogens with zero attached hydrogens (tertiary/aromatic N) is 8. The maximum absolute atomic E-state index is 13.9. The van der Waals surface area contributed by atoms with Gasteiger partial charge in [-0.3, -0.25) is 19.2 Å². The van der Waals surface area contributed by atoms with Gasteiger partial charge in [0.2, 0.25) is 12.1 Å². The van der Waals surface area contributed by atoms with Gasteiger partial charge in [0.05, 0.1) is 18.2 Å². The van der Waals surface area contributed by atoms with Crippen LogP contribution in [-0.2, 0) is 16.6 Å². The molecule has 42 heavy (non-hydrogen) atoms. The fourth-order valence-electron chi connectivity index (χ4n) is 5.07. The van der Waals surface area contributed by atoms with E-state index in [1.807, 2.05) is 55.1 Å². The average molecular weight is 572 g/mol. The number of aromatic nitrogens is 7. The van der Waals surface area contributed by atoms with Gasteiger partial charge in [0.15, 0.2) is 0 Å². The van der Waals surface area contributed by atoms with Gasteiger partial charge in [0, 0.05) is 37.3 Å². The van der Waals surface area contributed by atoms with E-state index in [2.05, 4.69) is 30.8 Å². The number of benzene rings is 1. The van der Waals surface area contributed by atoms with Crippen molar-refractivity contribution in [3.63, 3.8) is 0 Å². The summed E-state index contributed by atoms with van der Waals surface area (Å²) in [7, 11) is 1.80. The van der Waals surface area contributed by atoms with Crippen molar-refractivity contribution in [2.24, 2.45) is 13.0 Å². The SMILES string of the molecule is CCC(OC(=O)C(C)C)n1nnc(-c2c(-c3ccc(C(=O)N(c4ncccc4C)[C@@H]4CCCNC4)cc3)cnn2C)n1. The summed E-state index contributed by atoms with van der Waals surface area (Å²) in [5, 5.41) is 20.8. The molecular formula is C30H37N9O3. The molecule has 1 aliphatic heterocycles. The highest BCUT2D eigenvalue weighted by atomic mass is 16.6. The Labute approximate surface area is 245 Å². The van der Waals surface area contributed by atoms with Gasteiger partial charge in [-0.1, -0.05) is 39.0 Å². The number of ether oxygens (including phenoxy) is 1. The second-order valence-corrected chi connectivity index (χ2v) is 10.8. The summed E-state index contributed by atoms with van der Waals surface area (Å²) >= 11 is 0. The standard InChI is InChI=1S/C30H37N9O3/c1-6-25(42-30(41)19(2)3)39-35-27(34-36-39)26-24(18-33-37(26)5)21-11-13-22(14-12-21)29(40)38(23-10-8-15-31-17-23)28-20(4)9-7-16-32-28/h7,9,11-14,16,18-19,23,25,31H,6,8,10,15,17H2,1-5H3/t23-,25?/m1/s1. The smallest absolute Gasteiger partial charge is 0.310 e. The average Bonchev–Trinajstić information content (AvgIpc) is 3.64. The van der Waals surface area contributed by atoms with Crippen molar-refractivity contribution >= 4 is 17.7 Å². The van der Waals surface area contributed by atoms with Crippen molar-refractivity contribution in [3.05, 3.63) is 59.9 Å². The van der Waals surface area contributed by atoms with Crippen LogP contribution in [0.1, 0.15) is 62.2 Å². The van der Waals surface area contributed by atoms with Crippen LogP contribution >= 0.6 is 0 Å². The third-order valence-corrected chi connectivity index (χ3v) is 7.42. The van der Waals surface area contributed by atoms with Gasteiger partial charge in [-0.15, -0.1) is 15.0 Å². The Morgan fingerprint density at radius 1 is 1.19 bits per heavy atom. The largest absolute Gasteiger partial charge is 0.438 e. The molecule has 4 heterocycles. The zero-order valence-electron chi connectivity index (χ0n) is 24.7. The number of tetrazole rings is 1. The van der Waals surface area contributed by atoms with Crippen LogP contribution in [0, 0.1) is 12.8 Å². The van der Waals surface area contributed by atoms with Crippen LogP contribution in [0.25, 0.3) is 22.6 Å². The molecule has 12 nitrogen and oxygen atoms in total. The summed E-state index contributed by atoms with van der Waals surface area (Å²) in [4.78, 5) is 33.8. The molecule has 2 atom stereocenters. The van der Waals surface area contributed by atoms with E-state index < -0.39 is 6.23 Å². The molecule has 220 valence electrons.